The van der Waals surface area contributed by atoms with Crippen LogP contribution in [0.25, 0.3) is 0 Å². The first-order valence-electron chi connectivity index (χ1n) is 6.84. The van der Waals surface area contributed by atoms with E-state index in [1.807, 2.05) is 25.1 Å². The Morgan fingerprint density at radius 1 is 1.26 bits per heavy atom. The average Bonchev–Trinajstić information content (AvgIpc) is 2.46. The molecule has 0 aromatic heterocycles. The Hall–Kier alpha value is -0.870. The summed E-state index contributed by atoms with van der Waals surface area (Å²) in [7, 11) is 2.14. The lowest BCUT2D eigenvalue weighted by Crippen LogP contribution is -2.45. The second-order valence-electron chi connectivity index (χ2n) is 5.05. The summed E-state index contributed by atoms with van der Waals surface area (Å²) in [5.41, 5.74) is 1.93. The Bertz CT molecular complexity index is 442. The number of carbonyl (C=O) groups is 1. The van der Waals surface area contributed by atoms with E-state index in [9.17, 15) is 4.79 Å². The Morgan fingerprint density at radius 3 is 2.53 bits per heavy atom. The van der Waals surface area contributed by atoms with Gasteiger partial charge in [0.1, 0.15) is 0 Å². The minimum absolute atomic E-state index is 0.0823. The van der Waals surface area contributed by atoms with Crippen LogP contribution in [0, 0.1) is 0 Å². The molecule has 0 saturated carbocycles. The van der Waals surface area contributed by atoms with E-state index in [1.165, 1.54) is 0 Å². The van der Waals surface area contributed by atoms with Crippen molar-refractivity contribution in [1.29, 1.82) is 0 Å². The molecule has 1 aliphatic rings. The minimum atomic E-state index is -0.0823. The molecule has 1 aromatic carbocycles. The van der Waals surface area contributed by atoms with Crippen molar-refractivity contribution in [2.24, 2.45) is 0 Å². The molecule has 0 N–H and O–H groups in total. The van der Waals surface area contributed by atoms with Gasteiger partial charge in [0.05, 0.1) is 4.83 Å². The van der Waals surface area contributed by atoms with Gasteiger partial charge in [-0.1, -0.05) is 35.0 Å². The first-order valence-corrected chi connectivity index (χ1v) is 7.76. The Kier molecular flexibility index (Phi) is 4.99. The Morgan fingerprint density at radius 2 is 1.89 bits per heavy atom. The molecule has 0 spiro atoms. The molecule has 1 aromatic rings. The van der Waals surface area contributed by atoms with Gasteiger partial charge in [0.25, 0.3) is 0 Å². The topological polar surface area (TPSA) is 23.6 Å². The van der Waals surface area contributed by atoms with Crippen molar-refractivity contribution >= 4 is 27.4 Å². The highest BCUT2D eigenvalue weighted by Gasteiger charge is 2.22. The molecule has 19 heavy (non-hydrogen) atoms. The maximum absolute atomic E-state index is 12.4. The van der Waals surface area contributed by atoms with Crippen LogP contribution < -0.4 is 4.90 Å². The monoisotopic (exact) mass is 324 g/mol. The second-order valence-corrected chi connectivity index (χ2v) is 6.15. The highest BCUT2D eigenvalue weighted by Crippen LogP contribution is 2.25. The molecule has 2 rings (SSSR count). The number of ketones is 1. The lowest BCUT2D eigenvalue weighted by molar-refractivity contribution is 0.0990. The first-order chi connectivity index (χ1) is 9.13. The van der Waals surface area contributed by atoms with Crippen molar-refractivity contribution in [2.45, 2.75) is 18.2 Å². The van der Waals surface area contributed by atoms with Crippen LogP contribution in [-0.2, 0) is 0 Å². The Balaban J connectivity index is 2.23. The summed E-state index contributed by atoms with van der Waals surface area (Å²) >= 11 is 3.47. The number of halogens is 1. The SMILES string of the molecule is CCC(Br)C(=O)c1ccccc1N1CCN(C)CC1. The van der Waals surface area contributed by atoms with Crippen LogP contribution in [0.1, 0.15) is 23.7 Å². The van der Waals surface area contributed by atoms with E-state index in [1.54, 1.807) is 0 Å². The molecule has 1 atom stereocenters. The summed E-state index contributed by atoms with van der Waals surface area (Å²) in [5, 5.41) is 0. The molecule has 0 amide bonds. The zero-order chi connectivity index (χ0) is 13.8. The molecule has 1 unspecified atom stereocenters. The third-order valence-electron chi connectivity index (χ3n) is 3.66. The predicted molar refractivity (Wildman–Crippen MR) is 83.5 cm³/mol. The number of Topliss-reactive ketones (excluding diaryl/α,β-unsaturated/α-hetero) is 1. The fourth-order valence-electron chi connectivity index (χ4n) is 2.36. The van der Waals surface area contributed by atoms with Gasteiger partial charge in [0, 0.05) is 37.4 Å². The zero-order valence-electron chi connectivity index (χ0n) is 11.6. The van der Waals surface area contributed by atoms with Crippen LogP contribution in [-0.4, -0.2) is 48.7 Å². The van der Waals surface area contributed by atoms with Crippen LogP contribution in [0.4, 0.5) is 5.69 Å². The summed E-state index contributed by atoms with van der Waals surface area (Å²) in [6.45, 7) is 6.09. The van der Waals surface area contributed by atoms with E-state index in [-0.39, 0.29) is 10.6 Å². The van der Waals surface area contributed by atoms with E-state index in [4.69, 9.17) is 0 Å². The van der Waals surface area contributed by atoms with E-state index < -0.39 is 0 Å². The highest BCUT2D eigenvalue weighted by atomic mass is 79.9. The van der Waals surface area contributed by atoms with Crippen molar-refractivity contribution in [3.63, 3.8) is 0 Å². The quantitative estimate of drug-likeness (QED) is 0.628. The molecule has 1 saturated heterocycles. The van der Waals surface area contributed by atoms with E-state index >= 15 is 0 Å². The van der Waals surface area contributed by atoms with E-state index in [0.29, 0.717) is 0 Å². The fourth-order valence-corrected chi connectivity index (χ4v) is 2.61. The standard InChI is InChI=1S/C15H21BrN2O/c1-3-13(16)15(19)12-6-4-5-7-14(12)18-10-8-17(2)9-11-18/h4-7,13H,3,8-11H2,1-2H3. The summed E-state index contributed by atoms with van der Waals surface area (Å²) in [6.07, 6.45) is 0.815. The van der Waals surface area contributed by atoms with Gasteiger partial charge in [0.2, 0.25) is 0 Å². The average molecular weight is 325 g/mol. The minimum Gasteiger partial charge on any atom is -0.368 e. The van der Waals surface area contributed by atoms with Gasteiger partial charge in [-0.2, -0.15) is 0 Å². The summed E-state index contributed by atoms with van der Waals surface area (Å²) < 4.78 is 0. The highest BCUT2D eigenvalue weighted by molar-refractivity contribution is 9.10. The van der Waals surface area contributed by atoms with Crippen LogP contribution in [0.15, 0.2) is 24.3 Å². The van der Waals surface area contributed by atoms with Gasteiger partial charge in [-0.3, -0.25) is 4.79 Å². The summed E-state index contributed by atoms with van der Waals surface area (Å²) in [6, 6.07) is 7.97. The number of nitrogens with zero attached hydrogens (tertiary/aromatic N) is 2. The molecule has 1 fully saturated rings. The number of rotatable bonds is 4. The maximum atomic E-state index is 12.4. The molecule has 0 aliphatic carbocycles. The maximum Gasteiger partial charge on any atom is 0.178 e. The number of piperazine rings is 1. The van der Waals surface area contributed by atoms with Gasteiger partial charge in [0.15, 0.2) is 5.78 Å². The smallest absolute Gasteiger partial charge is 0.178 e. The molecule has 1 aliphatic heterocycles. The van der Waals surface area contributed by atoms with Crippen LogP contribution in [0.5, 0.6) is 0 Å². The molecular weight excluding hydrogens is 304 g/mol. The number of hydrogen-bond acceptors (Lipinski definition) is 3. The Labute approximate surface area is 123 Å². The summed E-state index contributed by atoms with van der Waals surface area (Å²) in [4.78, 5) is 17.0. The van der Waals surface area contributed by atoms with E-state index in [0.717, 1.165) is 43.9 Å². The first kappa shape index (κ1) is 14.5. The molecule has 4 heteroatoms. The van der Waals surface area contributed by atoms with Crippen molar-refractivity contribution < 1.29 is 4.79 Å². The molecule has 3 nitrogen and oxygen atoms in total. The number of anilines is 1. The molecule has 0 radical (unpaired) electrons. The van der Waals surface area contributed by atoms with Gasteiger partial charge in [-0.25, -0.2) is 0 Å². The number of carbonyl (C=O) groups excluding carboxylic acids is 1. The van der Waals surface area contributed by atoms with Gasteiger partial charge in [-0.15, -0.1) is 0 Å². The van der Waals surface area contributed by atoms with Gasteiger partial charge >= 0.3 is 0 Å². The van der Waals surface area contributed by atoms with Crippen molar-refractivity contribution in [3.05, 3.63) is 29.8 Å². The van der Waals surface area contributed by atoms with Crippen molar-refractivity contribution in [1.82, 2.24) is 4.90 Å². The van der Waals surface area contributed by atoms with Gasteiger partial charge in [-0.05, 0) is 25.6 Å². The fraction of sp³-hybridized carbons (Fsp3) is 0.533. The number of likely N-dealkylation sites (N-methyl/N-ethyl adjacent to an activating group) is 1. The third-order valence-corrected chi connectivity index (χ3v) is 4.72. The summed E-state index contributed by atoms with van der Waals surface area (Å²) in [5.74, 6) is 0.192. The number of benzene rings is 1. The lowest BCUT2D eigenvalue weighted by atomic mass is 10.0. The normalized spacial score (nSPS) is 18.4. The zero-order valence-corrected chi connectivity index (χ0v) is 13.2. The molecular formula is C15H21BrN2O. The number of alkyl halides is 1. The van der Waals surface area contributed by atoms with Crippen molar-refractivity contribution in [2.75, 3.05) is 38.1 Å². The second kappa shape index (κ2) is 6.53. The lowest BCUT2D eigenvalue weighted by Gasteiger charge is -2.35. The van der Waals surface area contributed by atoms with Crippen LogP contribution in [0.3, 0.4) is 0 Å². The van der Waals surface area contributed by atoms with Crippen molar-refractivity contribution in [3.8, 4) is 0 Å². The molecule has 1 heterocycles. The number of para-hydroxylation sites is 1. The van der Waals surface area contributed by atoms with E-state index in [2.05, 4.69) is 38.8 Å². The largest absolute Gasteiger partial charge is 0.368 e. The van der Waals surface area contributed by atoms with Gasteiger partial charge < -0.3 is 9.80 Å². The van der Waals surface area contributed by atoms with Crippen LogP contribution >= 0.6 is 15.9 Å². The predicted octanol–water partition coefficient (Wildman–Crippen LogP) is 2.79. The third kappa shape index (κ3) is 3.37. The molecule has 104 valence electrons. The molecule has 0 bridgehead atoms. The number of hydrogen-bond donors (Lipinski definition) is 0. The van der Waals surface area contributed by atoms with Crippen LogP contribution in [0.2, 0.25) is 0 Å².